The molecule has 1 aliphatic heterocycles. The number of anilines is 1. The van der Waals surface area contributed by atoms with E-state index in [-0.39, 0.29) is 6.61 Å². The summed E-state index contributed by atoms with van der Waals surface area (Å²) in [7, 11) is 0. The zero-order valence-corrected chi connectivity index (χ0v) is 17.9. The SMILES string of the molecule is Cc1cccc(-c2ccn(-c3nc(N4CCOCC4)c4sc(CO)c(C)c4n3)c2)c1. The van der Waals surface area contributed by atoms with Crippen molar-refractivity contribution in [2.24, 2.45) is 0 Å². The molecule has 0 spiro atoms. The highest BCUT2D eigenvalue weighted by Crippen LogP contribution is 2.36. The topological polar surface area (TPSA) is 63.4 Å². The van der Waals surface area contributed by atoms with Crippen molar-refractivity contribution in [3.05, 3.63) is 58.7 Å². The number of benzene rings is 1. The summed E-state index contributed by atoms with van der Waals surface area (Å²) in [5.74, 6) is 1.57. The van der Waals surface area contributed by atoms with E-state index in [1.165, 1.54) is 11.1 Å². The Labute approximate surface area is 179 Å². The quantitative estimate of drug-likeness (QED) is 0.539. The number of nitrogens with zero attached hydrogens (tertiary/aromatic N) is 4. The van der Waals surface area contributed by atoms with E-state index >= 15 is 0 Å². The van der Waals surface area contributed by atoms with E-state index in [1.807, 2.05) is 17.7 Å². The van der Waals surface area contributed by atoms with E-state index < -0.39 is 0 Å². The lowest BCUT2D eigenvalue weighted by Gasteiger charge is -2.28. The Bertz CT molecular complexity index is 1210. The molecule has 0 aliphatic carbocycles. The van der Waals surface area contributed by atoms with Crippen LogP contribution in [0.25, 0.3) is 27.3 Å². The van der Waals surface area contributed by atoms with Gasteiger partial charge in [-0.3, -0.25) is 4.57 Å². The van der Waals surface area contributed by atoms with Gasteiger partial charge in [-0.1, -0.05) is 29.8 Å². The number of hydrogen-bond donors (Lipinski definition) is 1. The molecule has 5 rings (SSSR count). The number of aliphatic hydroxyl groups is 1. The summed E-state index contributed by atoms with van der Waals surface area (Å²) in [5, 5.41) is 9.78. The van der Waals surface area contributed by atoms with Crippen LogP contribution in [-0.2, 0) is 11.3 Å². The molecule has 0 saturated carbocycles. The Morgan fingerprint density at radius 3 is 2.70 bits per heavy atom. The lowest BCUT2D eigenvalue weighted by Crippen LogP contribution is -2.37. The maximum absolute atomic E-state index is 9.78. The number of thiophene rings is 1. The fourth-order valence-corrected chi connectivity index (χ4v) is 5.00. The fraction of sp³-hybridized carbons (Fsp3) is 0.304. The fourth-order valence-electron chi connectivity index (χ4n) is 3.88. The smallest absolute Gasteiger partial charge is 0.236 e. The molecular weight excluding hydrogens is 396 g/mol. The number of morpholine rings is 1. The van der Waals surface area contributed by atoms with Gasteiger partial charge in [-0.05, 0) is 36.6 Å². The Morgan fingerprint density at radius 1 is 1.10 bits per heavy atom. The zero-order valence-electron chi connectivity index (χ0n) is 17.1. The molecule has 154 valence electrons. The second-order valence-electron chi connectivity index (χ2n) is 7.61. The number of aryl methyl sites for hydroxylation is 2. The van der Waals surface area contributed by atoms with Gasteiger partial charge in [0.1, 0.15) is 0 Å². The summed E-state index contributed by atoms with van der Waals surface area (Å²) in [6.45, 7) is 7.14. The highest BCUT2D eigenvalue weighted by atomic mass is 32.1. The van der Waals surface area contributed by atoms with Gasteiger partial charge in [0.25, 0.3) is 0 Å². The van der Waals surface area contributed by atoms with E-state index in [0.717, 1.165) is 45.1 Å². The van der Waals surface area contributed by atoms with Crippen molar-refractivity contribution in [2.45, 2.75) is 20.5 Å². The molecule has 0 radical (unpaired) electrons. The van der Waals surface area contributed by atoms with E-state index in [4.69, 9.17) is 14.7 Å². The van der Waals surface area contributed by atoms with Crippen LogP contribution < -0.4 is 4.90 Å². The van der Waals surface area contributed by atoms with E-state index in [9.17, 15) is 5.11 Å². The first kappa shape index (κ1) is 19.2. The van der Waals surface area contributed by atoms with Crippen molar-refractivity contribution in [3.63, 3.8) is 0 Å². The van der Waals surface area contributed by atoms with Crippen LogP contribution in [-0.4, -0.2) is 45.9 Å². The standard InChI is InChI=1S/C23H24N4O2S/c1-15-4-3-5-17(12-15)18-6-7-27(13-18)23-24-20-16(2)19(14-28)30-21(20)22(25-23)26-8-10-29-11-9-26/h3-7,12-13,28H,8-11,14H2,1-2H3. The van der Waals surface area contributed by atoms with E-state index in [2.05, 4.69) is 48.4 Å². The van der Waals surface area contributed by atoms with Gasteiger partial charge in [-0.15, -0.1) is 11.3 Å². The summed E-state index contributed by atoms with van der Waals surface area (Å²) in [4.78, 5) is 13.1. The maximum Gasteiger partial charge on any atom is 0.236 e. The summed E-state index contributed by atoms with van der Waals surface area (Å²) in [6, 6.07) is 10.6. The molecule has 6 nitrogen and oxygen atoms in total. The van der Waals surface area contributed by atoms with E-state index in [0.29, 0.717) is 19.2 Å². The van der Waals surface area contributed by atoms with Gasteiger partial charge in [0, 0.05) is 30.4 Å². The van der Waals surface area contributed by atoms with Crippen LogP contribution in [0, 0.1) is 13.8 Å². The maximum atomic E-state index is 9.78. The number of ether oxygens (including phenoxy) is 1. The minimum atomic E-state index is 0.0196. The van der Waals surface area contributed by atoms with Crippen molar-refractivity contribution in [2.75, 3.05) is 31.2 Å². The lowest BCUT2D eigenvalue weighted by molar-refractivity contribution is 0.122. The van der Waals surface area contributed by atoms with Gasteiger partial charge < -0.3 is 14.7 Å². The minimum absolute atomic E-state index is 0.0196. The molecule has 7 heteroatoms. The summed E-state index contributed by atoms with van der Waals surface area (Å²) in [6.07, 6.45) is 4.09. The first-order chi connectivity index (χ1) is 14.6. The number of aliphatic hydroxyl groups excluding tert-OH is 1. The van der Waals surface area contributed by atoms with Crippen molar-refractivity contribution >= 4 is 27.4 Å². The molecule has 1 N–H and O–H groups in total. The van der Waals surface area contributed by atoms with Crippen LogP contribution in [0.15, 0.2) is 42.7 Å². The third-order valence-electron chi connectivity index (χ3n) is 5.56. The molecule has 4 heterocycles. The second kappa shape index (κ2) is 7.83. The van der Waals surface area contributed by atoms with E-state index in [1.54, 1.807) is 11.3 Å². The van der Waals surface area contributed by atoms with Crippen LogP contribution in [0.1, 0.15) is 16.0 Å². The van der Waals surface area contributed by atoms with Crippen LogP contribution in [0.2, 0.25) is 0 Å². The zero-order chi connectivity index (χ0) is 20.7. The third kappa shape index (κ3) is 3.39. The molecule has 4 aromatic rings. The first-order valence-corrected chi connectivity index (χ1v) is 10.9. The normalized spacial score (nSPS) is 14.6. The average Bonchev–Trinajstić information content (AvgIpc) is 3.39. The van der Waals surface area contributed by atoms with Crippen molar-refractivity contribution in [1.82, 2.24) is 14.5 Å². The Morgan fingerprint density at radius 2 is 1.93 bits per heavy atom. The molecule has 1 fully saturated rings. The number of aromatic nitrogens is 3. The van der Waals surface area contributed by atoms with Gasteiger partial charge in [0.15, 0.2) is 5.82 Å². The lowest BCUT2D eigenvalue weighted by atomic mass is 10.1. The molecule has 1 aliphatic rings. The van der Waals surface area contributed by atoms with Crippen LogP contribution >= 0.6 is 11.3 Å². The molecule has 0 bridgehead atoms. The minimum Gasteiger partial charge on any atom is -0.391 e. The number of rotatable bonds is 4. The van der Waals surface area contributed by atoms with Crippen LogP contribution in [0.4, 0.5) is 5.82 Å². The third-order valence-corrected chi connectivity index (χ3v) is 6.83. The second-order valence-corrected chi connectivity index (χ2v) is 8.71. The Hall–Kier alpha value is -2.74. The number of hydrogen-bond acceptors (Lipinski definition) is 6. The van der Waals surface area contributed by atoms with Crippen LogP contribution in [0.5, 0.6) is 0 Å². The summed E-state index contributed by atoms with van der Waals surface area (Å²) < 4.78 is 8.55. The molecule has 0 atom stereocenters. The Balaban J connectivity index is 1.63. The molecule has 0 amide bonds. The van der Waals surface area contributed by atoms with Gasteiger partial charge in [-0.25, -0.2) is 4.98 Å². The average molecular weight is 421 g/mol. The summed E-state index contributed by atoms with van der Waals surface area (Å²) >= 11 is 1.58. The van der Waals surface area contributed by atoms with Crippen molar-refractivity contribution in [1.29, 1.82) is 0 Å². The van der Waals surface area contributed by atoms with Crippen molar-refractivity contribution < 1.29 is 9.84 Å². The molecule has 1 saturated heterocycles. The van der Waals surface area contributed by atoms with Crippen LogP contribution in [0.3, 0.4) is 0 Å². The largest absolute Gasteiger partial charge is 0.391 e. The Kier molecular flexibility index (Phi) is 5.02. The highest BCUT2D eigenvalue weighted by Gasteiger charge is 2.22. The summed E-state index contributed by atoms with van der Waals surface area (Å²) in [5.41, 5.74) is 5.49. The molecule has 30 heavy (non-hydrogen) atoms. The van der Waals surface area contributed by atoms with Gasteiger partial charge in [0.05, 0.1) is 30.0 Å². The van der Waals surface area contributed by atoms with Crippen molar-refractivity contribution in [3.8, 4) is 17.1 Å². The number of fused-ring (bicyclic) bond motifs is 1. The predicted octanol–water partition coefficient (Wildman–Crippen LogP) is 4.09. The monoisotopic (exact) mass is 420 g/mol. The molecule has 1 aromatic carbocycles. The highest BCUT2D eigenvalue weighted by molar-refractivity contribution is 7.19. The molecule has 3 aromatic heterocycles. The van der Waals surface area contributed by atoms with Gasteiger partial charge in [-0.2, -0.15) is 4.98 Å². The molecular formula is C23H24N4O2S. The van der Waals surface area contributed by atoms with Gasteiger partial charge >= 0.3 is 0 Å². The first-order valence-electron chi connectivity index (χ1n) is 10.1. The predicted molar refractivity (Wildman–Crippen MR) is 121 cm³/mol. The van der Waals surface area contributed by atoms with Gasteiger partial charge in [0.2, 0.25) is 5.95 Å². The molecule has 0 unspecified atom stereocenters.